The van der Waals surface area contributed by atoms with Gasteiger partial charge in [0.2, 0.25) is 0 Å². The maximum atomic E-state index is 8.99. The summed E-state index contributed by atoms with van der Waals surface area (Å²) >= 11 is 0. The van der Waals surface area contributed by atoms with E-state index in [4.69, 9.17) is 10.00 Å². The number of aromatic nitrogens is 2. The molecule has 0 amide bonds. The highest BCUT2D eigenvalue weighted by atomic mass is 16.5. The summed E-state index contributed by atoms with van der Waals surface area (Å²) in [6, 6.07) is 15.6. The minimum absolute atomic E-state index is 0.435. The van der Waals surface area contributed by atoms with Crippen LogP contribution in [-0.2, 0) is 13.2 Å². The highest BCUT2D eigenvalue weighted by Crippen LogP contribution is 2.24. The molecule has 0 saturated heterocycles. The first kappa shape index (κ1) is 18.0. The average Bonchev–Trinajstić information content (AvgIpc) is 3.07. The van der Waals surface area contributed by atoms with E-state index in [1.54, 1.807) is 6.07 Å². The molecule has 0 unspecified atom stereocenters. The second-order valence-electron chi connectivity index (χ2n) is 6.57. The van der Waals surface area contributed by atoms with Crippen LogP contribution in [0.4, 0.5) is 0 Å². The first-order valence-corrected chi connectivity index (χ1v) is 8.97. The van der Waals surface area contributed by atoms with Crippen LogP contribution in [-0.4, -0.2) is 28.7 Å². The Bertz CT molecular complexity index is 910. The second kappa shape index (κ2) is 8.50. The molecule has 1 aromatic heterocycles. The van der Waals surface area contributed by atoms with Crippen LogP contribution in [0.3, 0.4) is 0 Å². The van der Waals surface area contributed by atoms with Gasteiger partial charge in [-0.25, -0.2) is 0 Å². The molecule has 5 heteroatoms. The number of hydrogen-bond acceptors (Lipinski definition) is 4. The van der Waals surface area contributed by atoms with Crippen LogP contribution in [0.2, 0.25) is 0 Å². The van der Waals surface area contributed by atoms with E-state index >= 15 is 0 Å². The molecule has 0 spiro atoms. The predicted octanol–water partition coefficient (Wildman–Crippen LogP) is 4.25. The Balaban J connectivity index is 1.71. The van der Waals surface area contributed by atoms with Crippen molar-refractivity contribution in [2.75, 3.05) is 13.6 Å². The van der Waals surface area contributed by atoms with E-state index in [-0.39, 0.29) is 0 Å². The number of nitrogens with one attached hydrogen (secondary N) is 1. The maximum absolute atomic E-state index is 8.99. The first-order valence-electron chi connectivity index (χ1n) is 8.97. The Hall–Kier alpha value is -2.84. The van der Waals surface area contributed by atoms with Gasteiger partial charge in [0, 0.05) is 11.9 Å². The molecule has 0 aliphatic rings. The van der Waals surface area contributed by atoms with Gasteiger partial charge in [-0.05, 0) is 55.9 Å². The number of benzene rings is 2. The van der Waals surface area contributed by atoms with E-state index in [1.165, 1.54) is 12.8 Å². The van der Waals surface area contributed by atoms with Gasteiger partial charge < -0.3 is 9.64 Å². The van der Waals surface area contributed by atoms with Gasteiger partial charge in [-0.15, -0.1) is 0 Å². The third-order valence-corrected chi connectivity index (χ3v) is 4.39. The van der Waals surface area contributed by atoms with Crippen LogP contribution in [0.15, 0.2) is 42.5 Å². The van der Waals surface area contributed by atoms with Crippen molar-refractivity contribution in [2.45, 2.75) is 32.9 Å². The largest absolute Gasteiger partial charge is 0.489 e. The third kappa shape index (κ3) is 4.41. The quantitative estimate of drug-likeness (QED) is 0.661. The molecule has 0 atom stereocenters. The zero-order valence-electron chi connectivity index (χ0n) is 15.3. The molecule has 26 heavy (non-hydrogen) atoms. The van der Waals surface area contributed by atoms with E-state index in [2.05, 4.69) is 35.1 Å². The van der Waals surface area contributed by atoms with Gasteiger partial charge >= 0.3 is 0 Å². The number of nitriles is 1. The molecule has 0 radical (unpaired) electrons. The number of H-pyrrole nitrogens is 1. The lowest BCUT2D eigenvalue weighted by molar-refractivity contribution is 0.306. The molecule has 0 fully saturated rings. The molecule has 1 heterocycles. The lowest BCUT2D eigenvalue weighted by Crippen LogP contribution is -2.19. The molecule has 3 rings (SSSR count). The van der Waals surface area contributed by atoms with Crippen LogP contribution in [0, 0.1) is 11.3 Å². The van der Waals surface area contributed by atoms with Crippen molar-refractivity contribution in [3.8, 4) is 11.8 Å². The monoisotopic (exact) mass is 348 g/mol. The second-order valence-corrected chi connectivity index (χ2v) is 6.57. The SMILES string of the molecule is CCCCN(C)Cc1[nH]nc2ccc(OCc3cccc(C#N)c3)cc12. The van der Waals surface area contributed by atoms with E-state index in [1.807, 2.05) is 36.4 Å². The highest BCUT2D eigenvalue weighted by Gasteiger charge is 2.09. The Morgan fingerprint density at radius 3 is 2.92 bits per heavy atom. The Labute approximate surface area is 154 Å². The summed E-state index contributed by atoms with van der Waals surface area (Å²) < 4.78 is 5.93. The van der Waals surface area contributed by atoms with Gasteiger partial charge in [0.1, 0.15) is 12.4 Å². The Kier molecular flexibility index (Phi) is 5.88. The summed E-state index contributed by atoms with van der Waals surface area (Å²) in [5.41, 5.74) is 3.68. The molecule has 1 N–H and O–H groups in total. The zero-order chi connectivity index (χ0) is 18.4. The lowest BCUT2D eigenvalue weighted by Gasteiger charge is -2.15. The fourth-order valence-corrected chi connectivity index (χ4v) is 2.93. The van der Waals surface area contributed by atoms with E-state index in [9.17, 15) is 0 Å². The number of ether oxygens (including phenoxy) is 1. The number of rotatable bonds is 8. The predicted molar refractivity (Wildman–Crippen MR) is 103 cm³/mol. The molecule has 0 aliphatic heterocycles. The smallest absolute Gasteiger partial charge is 0.120 e. The topological polar surface area (TPSA) is 64.9 Å². The van der Waals surface area contributed by atoms with Gasteiger partial charge in [0.25, 0.3) is 0 Å². The van der Waals surface area contributed by atoms with Crippen molar-refractivity contribution in [2.24, 2.45) is 0 Å². The molecule has 5 nitrogen and oxygen atoms in total. The summed E-state index contributed by atoms with van der Waals surface area (Å²) in [5, 5.41) is 17.6. The summed E-state index contributed by atoms with van der Waals surface area (Å²) in [6.07, 6.45) is 2.39. The fourth-order valence-electron chi connectivity index (χ4n) is 2.93. The molecular formula is C21H24N4O. The van der Waals surface area contributed by atoms with Gasteiger partial charge in [-0.1, -0.05) is 25.5 Å². The zero-order valence-corrected chi connectivity index (χ0v) is 15.3. The first-order chi connectivity index (χ1) is 12.7. The Morgan fingerprint density at radius 2 is 2.12 bits per heavy atom. The number of unbranched alkanes of at least 4 members (excludes halogenated alkanes) is 1. The lowest BCUT2D eigenvalue weighted by atomic mass is 10.1. The normalized spacial score (nSPS) is 11.0. The average molecular weight is 348 g/mol. The minimum atomic E-state index is 0.435. The van der Waals surface area contributed by atoms with Crippen LogP contribution in [0.5, 0.6) is 5.75 Å². The van der Waals surface area contributed by atoms with Crippen molar-refractivity contribution in [1.82, 2.24) is 15.1 Å². The molecule has 2 aromatic carbocycles. The number of aromatic amines is 1. The molecule has 134 valence electrons. The number of nitrogens with zero attached hydrogens (tertiary/aromatic N) is 3. The van der Waals surface area contributed by atoms with Crippen LogP contribution < -0.4 is 4.74 Å². The van der Waals surface area contributed by atoms with Crippen LogP contribution >= 0.6 is 0 Å². The van der Waals surface area contributed by atoms with Gasteiger partial charge in [-0.3, -0.25) is 5.10 Å². The molecule has 0 aliphatic carbocycles. The summed E-state index contributed by atoms with van der Waals surface area (Å²) in [7, 11) is 2.13. The number of fused-ring (bicyclic) bond motifs is 1. The van der Waals surface area contributed by atoms with Crippen molar-refractivity contribution in [1.29, 1.82) is 5.26 Å². The van der Waals surface area contributed by atoms with Crippen molar-refractivity contribution in [3.05, 3.63) is 59.3 Å². The van der Waals surface area contributed by atoms with E-state index < -0.39 is 0 Å². The van der Waals surface area contributed by atoms with E-state index in [0.29, 0.717) is 12.2 Å². The Morgan fingerprint density at radius 1 is 1.23 bits per heavy atom. The fraction of sp³-hybridized carbons (Fsp3) is 0.333. The number of hydrogen-bond donors (Lipinski definition) is 1. The molecule has 0 bridgehead atoms. The summed E-state index contributed by atoms with van der Waals surface area (Å²) in [6.45, 7) is 4.55. The van der Waals surface area contributed by atoms with Gasteiger partial charge in [0.05, 0.1) is 22.8 Å². The van der Waals surface area contributed by atoms with E-state index in [0.717, 1.165) is 41.0 Å². The summed E-state index contributed by atoms with van der Waals surface area (Å²) in [4.78, 5) is 2.30. The maximum Gasteiger partial charge on any atom is 0.120 e. The molecule has 0 saturated carbocycles. The van der Waals surface area contributed by atoms with Crippen molar-refractivity contribution >= 4 is 10.9 Å². The third-order valence-electron chi connectivity index (χ3n) is 4.39. The van der Waals surface area contributed by atoms with Gasteiger partial charge in [0.15, 0.2) is 0 Å². The summed E-state index contributed by atoms with van der Waals surface area (Å²) in [5.74, 6) is 0.804. The molecular weight excluding hydrogens is 324 g/mol. The van der Waals surface area contributed by atoms with Crippen LogP contribution in [0.25, 0.3) is 10.9 Å². The van der Waals surface area contributed by atoms with Crippen molar-refractivity contribution in [3.63, 3.8) is 0 Å². The standard InChI is InChI=1S/C21H24N4O/c1-3-4-10-25(2)14-21-19-12-18(8-9-20(19)23-24-21)26-15-17-7-5-6-16(11-17)13-22/h5-9,11-12H,3-4,10,14-15H2,1-2H3,(H,23,24). The highest BCUT2D eigenvalue weighted by molar-refractivity contribution is 5.82. The van der Waals surface area contributed by atoms with Gasteiger partial charge in [-0.2, -0.15) is 10.4 Å². The minimum Gasteiger partial charge on any atom is -0.489 e. The molecule has 3 aromatic rings. The van der Waals surface area contributed by atoms with Crippen LogP contribution in [0.1, 0.15) is 36.6 Å². The van der Waals surface area contributed by atoms with Crippen molar-refractivity contribution < 1.29 is 4.74 Å².